The summed E-state index contributed by atoms with van der Waals surface area (Å²) in [5.41, 5.74) is 6.31. The van der Waals surface area contributed by atoms with E-state index in [-0.39, 0.29) is 5.91 Å². The quantitative estimate of drug-likeness (QED) is 0.222. The zero-order chi connectivity index (χ0) is 30.7. The highest BCUT2D eigenvalue weighted by atomic mass is 16.5. The van der Waals surface area contributed by atoms with Crippen LogP contribution >= 0.6 is 0 Å². The zero-order valence-electron chi connectivity index (χ0n) is 25.4. The molecule has 10 heteroatoms. The van der Waals surface area contributed by atoms with E-state index in [0.717, 1.165) is 49.1 Å². The lowest BCUT2D eigenvalue weighted by Gasteiger charge is -2.28. The Morgan fingerprint density at radius 1 is 1.26 bits per heavy atom. The molecule has 0 radical (unpaired) electrons. The first-order valence-electron chi connectivity index (χ1n) is 14.5. The minimum atomic E-state index is -0.324. The summed E-state index contributed by atoms with van der Waals surface area (Å²) in [6, 6.07) is 12.7. The van der Waals surface area contributed by atoms with Crippen LogP contribution in [0.2, 0.25) is 0 Å². The van der Waals surface area contributed by atoms with E-state index in [4.69, 9.17) is 9.72 Å². The van der Waals surface area contributed by atoms with Crippen molar-refractivity contribution in [3.05, 3.63) is 66.5 Å². The van der Waals surface area contributed by atoms with Crippen LogP contribution < -0.4 is 20.3 Å². The molecule has 0 saturated heterocycles. The number of methoxy groups -OCH3 is 1. The molecular formula is C33H38N8O2. The fourth-order valence-corrected chi connectivity index (χ4v) is 5.42. The summed E-state index contributed by atoms with van der Waals surface area (Å²) in [5.74, 6) is 0.535. The molecule has 0 aliphatic carbocycles. The van der Waals surface area contributed by atoms with Crippen molar-refractivity contribution >= 4 is 39.8 Å². The van der Waals surface area contributed by atoms with Crippen molar-refractivity contribution in [3.8, 4) is 23.1 Å². The number of anilines is 4. The zero-order valence-corrected chi connectivity index (χ0v) is 25.4. The maximum Gasteiger partial charge on any atom is 0.247 e. The number of benzene rings is 2. The number of ether oxygens (including phenoxy) is 1. The van der Waals surface area contributed by atoms with Crippen LogP contribution in [-0.4, -0.2) is 65.7 Å². The Morgan fingerprint density at radius 2 is 2.07 bits per heavy atom. The van der Waals surface area contributed by atoms with Gasteiger partial charge in [0.15, 0.2) is 0 Å². The van der Waals surface area contributed by atoms with E-state index in [1.54, 1.807) is 13.2 Å². The molecular weight excluding hydrogens is 540 g/mol. The Hall–Kier alpha value is -4.88. The SMILES string of the molecule is C=CC(=O)Nc1cc(Nc2ncc(C#N)c(-c3cn4c5c(cccc35)CCC4)n2)c(OC)cc1N(C)CCN(C)C(C)C. The highest BCUT2D eigenvalue weighted by Gasteiger charge is 2.21. The lowest BCUT2D eigenvalue weighted by molar-refractivity contribution is -0.111. The van der Waals surface area contributed by atoms with Gasteiger partial charge in [0.25, 0.3) is 0 Å². The van der Waals surface area contributed by atoms with Gasteiger partial charge in [0, 0.05) is 55.9 Å². The molecule has 0 saturated carbocycles. The summed E-state index contributed by atoms with van der Waals surface area (Å²) >= 11 is 0. The van der Waals surface area contributed by atoms with Crippen molar-refractivity contribution in [3.63, 3.8) is 0 Å². The van der Waals surface area contributed by atoms with Crippen molar-refractivity contribution in [2.75, 3.05) is 49.8 Å². The van der Waals surface area contributed by atoms with Gasteiger partial charge in [-0.3, -0.25) is 4.79 Å². The molecule has 3 heterocycles. The average Bonchev–Trinajstić information content (AvgIpc) is 3.39. The van der Waals surface area contributed by atoms with Gasteiger partial charge in [-0.1, -0.05) is 24.8 Å². The van der Waals surface area contributed by atoms with Gasteiger partial charge in [0.2, 0.25) is 11.9 Å². The second kappa shape index (κ2) is 12.5. The number of aryl methyl sites for hydroxylation is 2. The van der Waals surface area contributed by atoms with E-state index in [0.29, 0.717) is 40.4 Å². The molecule has 0 bridgehead atoms. The molecule has 0 fully saturated rings. The van der Waals surface area contributed by atoms with Gasteiger partial charge in [-0.05, 0) is 51.4 Å². The monoisotopic (exact) mass is 578 g/mol. The van der Waals surface area contributed by atoms with Crippen molar-refractivity contribution < 1.29 is 9.53 Å². The molecule has 0 unspecified atom stereocenters. The molecule has 2 N–H and O–H groups in total. The minimum Gasteiger partial charge on any atom is -0.494 e. The highest BCUT2D eigenvalue weighted by Crippen LogP contribution is 2.39. The molecule has 43 heavy (non-hydrogen) atoms. The number of aromatic nitrogens is 3. The number of rotatable bonds is 11. The van der Waals surface area contributed by atoms with E-state index in [2.05, 4.69) is 87.9 Å². The van der Waals surface area contributed by atoms with Crippen LogP contribution in [0.1, 0.15) is 31.4 Å². The number of carbonyl (C=O) groups is 1. The summed E-state index contributed by atoms with van der Waals surface area (Å²) in [6.07, 6.45) is 6.98. The molecule has 222 valence electrons. The van der Waals surface area contributed by atoms with Crippen molar-refractivity contribution in [1.29, 1.82) is 5.26 Å². The van der Waals surface area contributed by atoms with Crippen LogP contribution in [0.25, 0.3) is 22.2 Å². The Morgan fingerprint density at radius 3 is 2.79 bits per heavy atom. The number of carbonyl (C=O) groups excluding carboxylic acids is 1. The average molecular weight is 579 g/mol. The summed E-state index contributed by atoms with van der Waals surface area (Å²) in [7, 11) is 5.66. The molecule has 2 aromatic heterocycles. The standard InChI is InChI=1S/C33H38N8O2/c1-7-30(42)36-26-16-27(29(43-6)17-28(26)40(5)15-14-39(4)21(2)3)37-33-35-19-23(18-34)31(38-33)25-20-41-13-9-11-22-10-8-12-24(25)32(22)41/h7-8,10,12,16-17,19-21H,1,9,11,13-15H2,2-6H3,(H,36,42)(H,35,37,38). The fourth-order valence-electron chi connectivity index (χ4n) is 5.42. The Kier molecular flexibility index (Phi) is 8.64. The first-order valence-corrected chi connectivity index (χ1v) is 14.5. The minimum absolute atomic E-state index is 0.305. The summed E-state index contributed by atoms with van der Waals surface area (Å²) in [5, 5.41) is 17.2. The van der Waals surface area contributed by atoms with Crippen LogP contribution in [0, 0.1) is 11.3 Å². The van der Waals surface area contributed by atoms with Crippen LogP contribution in [0.4, 0.5) is 23.0 Å². The third-order valence-electron chi connectivity index (χ3n) is 8.08. The predicted octanol–water partition coefficient (Wildman–Crippen LogP) is 5.57. The normalized spacial score (nSPS) is 12.3. The first-order chi connectivity index (χ1) is 20.7. The second-order valence-corrected chi connectivity index (χ2v) is 11.1. The number of para-hydroxylation sites is 1. The van der Waals surface area contributed by atoms with Gasteiger partial charge in [-0.25, -0.2) is 9.97 Å². The third-order valence-corrected chi connectivity index (χ3v) is 8.08. The van der Waals surface area contributed by atoms with Crippen molar-refractivity contribution in [1.82, 2.24) is 19.4 Å². The van der Waals surface area contributed by atoms with Gasteiger partial charge in [-0.15, -0.1) is 0 Å². The van der Waals surface area contributed by atoms with E-state index in [1.807, 2.05) is 13.1 Å². The Balaban J connectivity index is 1.53. The van der Waals surface area contributed by atoms with Crippen LogP contribution in [0.5, 0.6) is 5.75 Å². The molecule has 10 nitrogen and oxygen atoms in total. The van der Waals surface area contributed by atoms with Gasteiger partial charge < -0.3 is 29.7 Å². The van der Waals surface area contributed by atoms with E-state index in [9.17, 15) is 10.1 Å². The van der Waals surface area contributed by atoms with Gasteiger partial charge in [0.05, 0.1) is 47.1 Å². The number of amides is 1. The maximum atomic E-state index is 12.4. The van der Waals surface area contributed by atoms with Crippen LogP contribution in [-0.2, 0) is 17.8 Å². The number of hydrogen-bond acceptors (Lipinski definition) is 8. The van der Waals surface area contributed by atoms with Crippen LogP contribution in [0.15, 0.2) is 55.4 Å². The van der Waals surface area contributed by atoms with Crippen LogP contribution in [0.3, 0.4) is 0 Å². The van der Waals surface area contributed by atoms with E-state index in [1.165, 1.54) is 23.4 Å². The summed E-state index contributed by atoms with van der Waals surface area (Å²) < 4.78 is 8.03. The molecule has 4 aromatic rings. The lowest BCUT2D eigenvalue weighted by atomic mass is 10.0. The molecule has 0 spiro atoms. The number of hydrogen-bond donors (Lipinski definition) is 2. The molecule has 1 aliphatic heterocycles. The third kappa shape index (κ3) is 6.03. The molecule has 1 aliphatic rings. The summed E-state index contributed by atoms with van der Waals surface area (Å²) in [6.45, 7) is 10.4. The first kappa shape index (κ1) is 29.6. The topological polar surface area (TPSA) is 111 Å². The fraction of sp³-hybridized carbons (Fsp3) is 0.333. The van der Waals surface area contributed by atoms with E-state index >= 15 is 0 Å². The largest absolute Gasteiger partial charge is 0.494 e. The van der Waals surface area contributed by atoms with E-state index < -0.39 is 0 Å². The number of likely N-dealkylation sites (N-methyl/N-ethyl adjacent to an activating group) is 2. The smallest absolute Gasteiger partial charge is 0.247 e. The van der Waals surface area contributed by atoms with Gasteiger partial charge in [0.1, 0.15) is 11.8 Å². The molecule has 1 amide bonds. The lowest BCUT2D eigenvalue weighted by Crippen LogP contribution is -2.35. The summed E-state index contributed by atoms with van der Waals surface area (Å²) in [4.78, 5) is 26.0. The van der Waals surface area contributed by atoms with Gasteiger partial charge in [-0.2, -0.15) is 5.26 Å². The Bertz CT molecular complexity index is 1720. The van der Waals surface area contributed by atoms with Crippen molar-refractivity contribution in [2.45, 2.75) is 39.3 Å². The number of nitrogens with zero attached hydrogens (tertiary/aromatic N) is 6. The predicted molar refractivity (Wildman–Crippen MR) is 172 cm³/mol. The maximum absolute atomic E-state index is 12.4. The molecule has 2 aromatic carbocycles. The molecule has 5 rings (SSSR count). The number of nitrogens with one attached hydrogen (secondary N) is 2. The van der Waals surface area contributed by atoms with Gasteiger partial charge >= 0.3 is 0 Å². The highest BCUT2D eigenvalue weighted by molar-refractivity contribution is 6.02. The second-order valence-electron chi connectivity index (χ2n) is 11.1. The Labute approximate surface area is 252 Å². The molecule has 0 atom stereocenters. The number of nitriles is 1. The van der Waals surface area contributed by atoms with Crippen molar-refractivity contribution in [2.24, 2.45) is 0 Å².